The molecule has 21 heavy (non-hydrogen) atoms. The Morgan fingerprint density at radius 2 is 2.10 bits per heavy atom. The quantitative estimate of drug-likeness (QED) is 0.671. The van der Waals surface area contributed by atoms with Crippen LogP contribution in [0.25, 0.3) is 0 Å². The van der Waals surface area contributed by atoms with Crippen LogP contribution in [0, 0.1) is 17.3 Å². The summed E-state index contributed by atoms with van der Waals surface area (Å²) in [6, 6.07) is 1.88. The number of hydrogen-bond donors (Lipinski definition) is 1. The zero-order chi connectivity index (χ0) is 14.9. The van der Waals surface area contributed by atoms with Crippen molar-refractivity contribution in [2.24, 2.45) is 5.41 Å². The molecule has 1 spiro atoms. The molecular formula is C16H17NO3S. The number of nitrogens with zero attached hydrogens (tertiary/aromatic N) is 1. The zero-order valence-corrected chi connectivity index (χ0v) is 12.5. The Morgan fingerprint density at radius 1 is 1.33 bits per heavy atom. The van der Waals surface area contributed by atoms with Crippen molar-refractivity contribution in [3.05, 3.63) is 21.9 Å². The summed E-state index contributed by atoms with van der Waals surface area (Å²) in [5, 5.41) is 10.6. The van der Waals surface area contributed by atoms with E-state index >= 15 is 0 Å². The van der Waals surface area contributed by atoms with Crippen LogP contribution in [0.3, 0.4) is 0 Å². The van der Waals surface area contributed by atoms with Gasteiger partial charge in [-0.05, 0) is 18.9 Å². The second-order valence-corrected chi connectivity index (χ2v) is 6.71. The van der Waals surface area contributed by atoms with E-state index in [1.165, 1.54) is 16.2 Å². The molecule has 0 bridgehead atoms. The zero-order valence-electron chi connectivity index (χ0n) is 11.7. The lowest BCUT2D eigenvalue weighted by molar-refractivity contribution is -0.142. The molecule has 2 aliphatic rings. The summed E-state index contributed by atoms with van der Waals surface area (Å²) in [4.78, 5) is 27.1. The van der Waals surface area contributed by atoms with Gasteiger partial charge >= 0.3 is 0 Å². The predicted molar refractivity (Wildman–Crippen MR) is 79.4 cm³/mol. The van der Waals surface area contributed by atoms with E-state index < -0.39 is 5.41 Å². The SMILES string of the molecule is O=C1CC2(CCCC2)C(=O)N1Cc1cc(C#CCO)cs1. The molecule has 1 aromatic rings. The van der Waals surface area contributed by atoms with E-state index in [4.69, 9.17) is 5.11 Å². The molecule has 1 aliphatic heterocycles. The molecule has 4 nitrogen and oxygen atoms in total. The number of likely N-dealkylation sites (tertiary alicyclic amines) is 1. The predicted octanol–water partition coefficient (Wildman–Crippen LogP) is 1.91. The second kappa shape index (κ2) is 5.63. The maximum absolute atomic E-state index is 12.6. The van der Waals surface area contributed by atoms with Gasteiger partial charge in [-0.25, -0.2) is 0 Å². The fourth-order valence-corrected chi connectivity index (χ4v) is 4.09. The van der Waals surface area contributed by atoms with Crippen LogP contribution >= 0.6 is 11.3 Å². The van der Waals surface area contributed by atoms with Gasteiger partial charge in [0.1, 0.15) is 6.61 Å². The van der Waals surface area contributed by atoms with Crippen LogP contribution in [0.4, 0.5) is 0 Å². The monoisotopic (exact) mass is 303 g/mol. The molecule has 2 heterocycles. The molecule has 3 rings (SSSR count). The molecular weight excluding hydrogens is 286 g/mol. The van der Waals surface area contributed by atoms with Crippen LogP contribution in [0.15, 0.2) is 11.4 Å². The summed E-state index contributed by atoms with van der Waals surface area (Å²) in [5.41, 5.74) is 0.423. The third kappa shape index (κ3) is 2.61. The van der Waals surface area contributed by atoms with Crippen molar-refractivity contribution in [3.8, 4) is 11.8 Å². The van der Waals surface area contributed by atoms with Crippen molar-refractivity contribution >= 4 is 23.2 Å². The second-order valence-electron chi connectivity index (χ2n) is 5.71. The van der Waals surface area contributed by atoms with Crippen LogP contribution < -0.4 is 0 Å². The fraction of sp³-hybridized carbons (Fsp3) is 0.500. The summed E-state index contributed by atoms with van der Waals surface area (Å²) in [6.07, 6.45) is 4.19. The first-order valence-electron chi connectivity index (χ1n) is 7.17. The minimum atomic E-state index is -0.395. The van der Waals surface area contributed by atoms with Crippen LogP contribution in [0.5, 0.6) is 0 Å². The van der Waals surface area contributed by atoms with Gasteiger partial charge < -0.3 is 5.11 Å². The highest BCUT2D eigenvalue weighted by molar-refractivity contribution is 7.10. The Hall–Kier alpha value is -1.64. The van der Waals surface area contributed by atoms with E-state index in [0.717, 1.165) is 36.1 Å². The number of rotatable bonds is 2. The lowest BCUT2D eigenvalue weighted by Gasteiger charge is -2.20. The minimum Gasteiger partial charge on any atom is -0.384 e. The largest absolute Gasteiger partial charge is 0.384 e. The van der Waals surface area contributed by atoms with Gasteiger partial charge in [0.25, 0.3) is 0 Å². The topological polar surface area (TPSA) is 57.6 Å². The van der Waals surface area contributed by atoms with Gasteiger partial charge in [0, 0.05) is 22.2 Å². The molecule has 0 unspecified atom stereocenters. The van der Waals surface area contributed by atoms with E-state index in [0.29, 0.717) is 13.0 Å². The first-order chi connectivity index (χ1) is 10.1. The molecule has 1 aromatic heterocycles. The summed E-state index contributed by atoms with van der Waals surface area (Å²) in [5.74, 6) is 5.40. The van der Waals surface area contributed by atoms with Gasteiger partial charge in [-0.2, -0.15) is 0 Å². The van der Waals surface area contributed by atoms with Crippen molar-refractivity contribution < 1.29 is 14.7 Å². The van der Waals surface area contributed by atoms with Crippen molar-refractivity contribution in [2.75, 3.05) is 6.61 Å². The maximum Gasteiger partial charge on any atom is 0.236 e. The molecule has 1 N–H and O–H groups in total. The third-order valence-electron chi connectivity index (χ3n) is 4.33. The average Bonchev–Trinajstić information content (AvgIpc) is 3.15. The molecule has 0 aromatic carbocycles. The molecule has 1 saturated heterocycles. The summed E-state index contributed by atoms with van der Waals surface area (Å²) >= 11 is 1.49. The number of aliphatic hydroxyl groups excluding tert-OH is 1. The minimum absolute atomic E-state index is 0.0152. The van der Waals surface area contributed by atoms with Gasteiger partial charge in [0.05, 0.1) is 12.0 Å². The van der Waals surface area contributed by atoms with Crippen LogP contribution in [0.2, 0.25) is 0 Å². The lowest BCUT2D eigenvalue weighted by Crippen LogP contribution is -2.33. The highest BCUT2D eigenvalue weighted by Crippen LogP contribution is 2.47. The number of thiophene rings is 1. The van der Waals surface area contributed by atoms with Crippen molar-refractivity contribution in [1.29, 1.82) is 0 Å². The number of carbonyl (C=O) groups excluding carboxylic acids is 2. The smallest absolute Gasteiger partial charge is 0.236 e. The first kappa shape index (κ1) is 14.3. The Balaban J connectivity index is 1.74. The van der Waals surface area contributed by atoms with Gasteiger partial charge in [-0.3, -0.25) is 14.5 Å². The summed E-state index contributed by atoms with van der Waals surface area (Å²) in [6.45, 7) is 0.182. The van der Waals surface area contributed by atoms with Gasteiger partial charge in [0.15, 0.2) is 0 Å². The summed E-state index contributed by atoms with van der Waals surface area (Å²) in [7, 11) is 0. The molecule has 2 amide bonds. The number of carbonyl (C=O) groups is 2. The van der Waals surface area contributed by atoms with Gasteiger partial charge in [-0.1, -0.05) is 24.7 Å². The van der Waals surface area contributed by atoms with Crippen LogP contribution in [0.1, 0.15) is 42.5 Å². The Bertz CT molecular complexity index is 631. The van der Waals surface area contributed by atoms with Gasteiger partial charge in [-0.15, -0.1) is 11.3 Å². The highest BCUT2D eigenvalue weighted by Gasteiger charge is 2.52. The van der Waals surface area contributed by atoms with E-state index in [1.54, 1.807) is 0 Å². The van der Waals surface area contributed by atoms with Crippen molar-refractivity contribution in [3.63, 3.8) is 0 Å². The number of imide groups is 1. The molecule has 5 heteroatoms. The molecule has 1 aliphatic carbocycles. The van der Waals surface area contributed by atoms with Crippen molar-refractivity contribution in [1.82, 2.24) is 4.90 Å². The maximum atomic E-state index is 12.6. The molecule has 2 fully saturated rings. The Labute approximate surface area is 127 Å². The van der Waals surface area contributed by atoms with E-state index in [1.807, 2.05) is 11.4 Å². The average molecular weight is 303 g/mol. The molecule has 0 radical (unpaired) electrons. The number of amides is 2. The fourth-order valence-electron chi connectivity index (χ4n) is 3.29. The van der Waals surface area contributed by atoms with Crippen LogP contribution in [-0.2, 0) is 16.1 Å². The first-order valence-corrected chi connectivity index (χ1v) is 8.04. The Kier molecular flexibility index (Phi) is 3.83. The normalized spacial score (nSPS) is 20.1. The molecule has 110 valence electrons. The summed E-state index contributed by atoms with van der Waals surface area (Å²) < 4.78 is 0. The van der Waals surface area contributed by atoms with E-state index in [9.17, 15) is 9.59 Å². The lowest BCUT2D eigenvalue weighted by atomic mass is 9.84. The van der Waals surface area contributed by atoms with Crippen molar-refractivity contribution in [2.45, 2.75) is 38.6 Å². The highest BCUT2D eigenvalue weighted by atomic mass is 32.1. The van der Waals surface area contributed by atoms with Crippen LogP contribution in [-0.4, -0.2) is 28.4 Å². The number of hydrogen-bond acceptors (Lipinski definition) is 4. The Morgan fingerprint density at radius 3 is 2.81 bits per heavy atom. The standard InChI is InChI=1S/C16H17NO3S/c18-7-3-4-12-8-13(21-11-12)10-17-14(19)9-16(15(17)20)5-1-2-6-16/h8,11,18H,1-2,5-7,9-10H2. The number of aliphatic hydroxyl groups is 1. The third-order valence-corrected chi connectivity index (χ3v) is 5.25. The van der Waals surface area contributed by atoms with Gasteiger partial charge in [0.2, 0.25) is 11.8 Å². The molecule has 1 saturated carbocycles. The molecule has 0 atom stereocenters. The van der Waals surface area contributed by atoms with E-state index in [-0.39, 0.29) is 18.4 Å². The van der Waals surface area contributed by atoms with E-state index in [2.05, 4.69) is 11.8 Å².